The van der Waals surface area contributed by atoms with Crippen molar-refractivity contribution >= 4 is 5.91 Å². The number of ether oxygens (including phenoxy) is 1. The molecule has 0 bridgehead atoms. The van der Waals surface area contributed by atoms with Crippen molar-refractivity contribution in [2.24, 2.45) is 5.92 Å². The van der Waals surface area contributed by atoms with Gasteiger partial charge in [0.05, 0.1) is 13.2 Å². The molecule has 0 radical (unpaired) electrons. The molecule has 126 valence electrons. The summed E-state index contributed by atoms with van der Waals surface area (Å²) in [6.07, 6.45) is 6.86. The lowest BCUT2D eigenvalue weighted by Crippen LogP contribution is -2.41. The minimum atomic E-state index is 0.109. The largest absolute Gasteiger partial charge is 0.496 e. The van der Waals surface area contributed by atoms with E-state index in [1.165, 1.54) is 5.56 Å². The van der Waals surface area contributed by atoms with Crippen LogP contribution in [0.4, 0.5) is 0 Å². The number of hydrogen-bond donors (Lipinski definition) is 0. The number of carbonyl (C=O) groups is 1. The van der Waals surface area contributed by atoms with Crippen LogP contribution in [0.1, 0.15) is 36.8 Å². The van der Waals surface area contributed by atoms with E-state index in [2.05, 4.69) is 11.2 Å². The van der Waals surface area contributed by atoms with Crippen molar-refractivity contribution in [3.8, 4) is 5.75 Å². The summed E-state index contributed by atoms with van der Waals surface area (Å²) in [5, 5.41) is 4.34. The Labute approximate surface area is 142 Å². The van der Waals surface area contributed by atoms with E-state index >= 15 is 0 Å². The molecule has 0 N–H and O–H groups in total. The van der Waals surface area contributed by atoms with Gasteiger partial charge in [-0.05, 0) is 42.9 Å². The van der Waals surface area contributed by atoms with Crippen LogP contribution in [0.25, 0.3) is 0 Å². The zero-order valence-electron chi connectivity index (χ0n) is 14.0. The normalized spacial score (nSPS) is 26.2. The van der Waals surface area contributed by atoms with E-state index in [0.717, 1.165) is 38.1 Å². The van der Waals surface area contributed by atoms with Gasteiger partial charge in [0.15, 0.2) is 0 Å². The number of amides is 1. The Morgan fingerprint density at radius 3 is 2.96 bits per heavy atom. The molecular formula is C19H23N3O2. The fourth-order valence-electron chi connectivity index (χ4n) is 3.89. The second kappa shape index (κ2) is 6.30. The van der Waals surface area contributed by atoms with Crippen LogP contribution in [-0.4, -0.2) is 40.8 Å². The molecule has 2 aromatic rings. The van der Waals surface area contributed by atoms with E-state index in [1.54, 1.807) is 13.3 Å². The lowest BCUT2D eigenvalue weighted by molar-refractivity contribution is -0.134. The highest BCUT2D eigenvalue weighted by Gasteiger charge is 2.47. The summed E-state index contributed by atoms with van der Waals surface area (Å²) in [6, 6.07) is 10.3. The number of likely N-dealkylation sites (tertiary alicyclic amines) is 1. The fourth-order valence-corrected chi connectivity index (χ4v) is 3.89. The van der Waals surface area contributed by atoms with Crippen molar-refractivity contribution < 1.29 is 9.53 Å². The molecule has 1 saturated carbocycles. The molecule has 3 atom stereocenters. The molecule has 1 saturated heterocycles. The number of rotatable bonds is 4. The number of aromatic nitrogens is 2. The number of benzene rings is 1. The topological polar surface area (TPSA) is 47.4 Å². The van der Waals surface area contributed by atoms with E-state index < -0.39 is 0 Å². The van der Waals surface area contributed by atoms with Crippen LogP contribution in [-0.2, 0) is 4.79 Å². The van der Waals surface area contributed by atoms with Crippen LogP contribution in [0.15, 0.2) is 42.7 Å². The van der Waals surface area contributed by atoms with Gasteiger partial charge in [-0.15, -0.1) is 0 Å². The van der Waals surface area contributed by atoms with Crippen molar-refractivity contribution in [1.82, 2.24) is 14.7 Å². The number of methoxy groups -OCH3 is 1. The predicted molar refractivity (Wildman–Crippen MR) is 90.9 cm³/mol. The summed E-state index contributed by atoms with van der Waals surface area (Å²) in [5.74, 6) is 1.60. The predicted octanol–water partition coefficient (Wildman–Crippen LogP) is 2.86. The highest BCUT2D eigenvalue weighted by atomic mass is 16.5. The third kappa shape index (κ3) is 2.79. The first kappa shape index (κ1) is 15.2. The molecule has 5 nitrogen and oxygen atoms in total. The van der Waals surface area contributed by atoms with Gasteiger partial charge < -0.3 is 9.64 Å². The summed E-state index contributed by atoms with van der Waals surface area (Å²) >= 11 is 0. The summed E-state index contributed by atoms with van der Waals surface area (Å²) < 4.78 is 7.44. The van der Waals surface area contributed by atoms with Crippen LogP contribution in [0, 0.1) is 5.92 Å². The molecule has 2 fully saturated rings. The van der Waals surface area contributed by atoms with Crippen LogP contribution in [0.2, 0.25) is 0 Å². The van der Waals surface area contributed by atoms with E-state index in [-0.39, 0.29) is 5.92 Å². The average Bonchev–Trinajstić information content (AvgIpc) is 3.24. The fraction of sp³-hybridized carbons (Fsp3) is 0.474. The highest BCUT2D eigenvalue weighted by molar-refractivity contribution is 5.83. The van der Waals surface area contributed by atoms with Gasteiger partial charge in [0.25, 0.3) is 0 Å². The van der Waals surface area contributed by atoms with Crippen molar-refractivity contribution in [3.05, 3.63) is 48.3 Å². The molecule has 2 heterocycles. The Balaban J connectivity index is 1.43. The van der Waals surface area contributed by atoms with Crippen LogP contribution >= 0.6 is 0 Å². The number of nitrogens with zero attached hydrogens (tertiary/aromatic N) is 3. The van der Waals surface area contributed by atoms with Gasteiger partial charge in [-0.3, -0.25) is 9.48 Å². The number of hydrogen-bond acceptors (Lipinski definition) is 3. The quantitative estimate of drug-likeness (QED) is 0.868. The molecule has 0 unspecified atom stereocenters. The van der Waals surface area contributed by atoms with Gasteiger partial charge in [0.1, 0.15) is 5.75 Å². The van der Waals surface area contributed by atoms with Gasteiger partial charge in [0, 0.05) is 31.4 Å². The van der Waals surface area contributed by atoms with Crippen molar-refractivity contribution in [1.29, 1.82) is 0 Å². The molecule has 1 aromatic heterocycles. The van der Waals surface area contributed by atoms with Crippen LogP contribution in [0.5, 0.6) is 5.75 Å². The number of piperidine rings is 1. The molecular weight excluding hydrogens is 302 g/mol. The van der Waals surface area contributed by atoms with Gasteiger partial charge in [-0.25, -0.2) is 0 Å². The third-order valence-electron chi connectivity index (χ3n) is 5.25. The minimum absolute atomic E-state index is 0.109. The Bertz CT molecular complexity index is 713. The zero-order valence-corrected chi connectivity index (χ0v) is 14.0. The molecule has 5 heteroatoms. The van der Waals surface area contributed by atoms with Crippen molar-refractivity contribution in [3.63, 3.8) is 0 Å². The summed E-state index contributed by atoms with van der Waals surface area (Å²) in [7, 11) is 1.69. The SMILES string of the molecule is COc1ccccc1[C@@H]1C[C@H]1C(=O)N1CCC[C@@H](n2cccn2)C1. The molecule has 1 aliphatic heterocycles. The molecule has 0 spiro atoms. The summed E-state index contributed by atoms with van der Waals surface area (Å²) in [4.78, 5) is 15.0. The number of carbonyl (C=O) groups excluding carboxylic acids is 1. The van der Waals surface area contributed by atoms with Gasteiger partial charge in [-0.2, -0.15) is 5.10 Å². The Hall–Kier alpha value is -2.30. The first-order chi connectivity index (χ1) is 11.8. The maximum absolute atomic E-state index is 12.9. The van der Waals surface area contributed by atoms with E-state index in [4.69, 9.17) is 4.74 Å². The van der Waals surface area contributed by atoms with Crippen LogP contribution < -0.4 is 4.74 Å². The Morgan fingerprint density at radius 1 is 1.29 bits per heavy atom. The second-order valence-electron chi connectivity index (χ2n) is 6.76. The molecule has 4 rings (SSSR count). The lowest BCUT2D eigenvalue weighted by atomic mass is 10.0. The third-order valence-corrected chi connectivity index (χ3v) is 5.25. The van der Waals surface area contributed by atoms with E-state index in [0.29, 0.717) is 17.9 Å². The smallest absolute Gasteiger partial charge is 0.226 e. The standard InChI is InChI=1S/C19H23N3O2/c1-24-18-8-3-2-7-15(18)16-12-17(16)19(23)21-10-4-6-14(13-21)22-11-5-9-20-22/h2-3,5,7-9,11,14,16-17H,4,6,10,12-13H2,1H3/t14-,16+,17-/m1/s1. The van der Waals surface area contributed by atoms with Crippen molar-refractivity contribution in [2.75, 3.05) is 20.2 Å². The minimum Gasteiger partial charge on any atom is -0.496 e. The van der Waals surface area contributed by atoms with E-state index in [1.807, 2.05) is 40.0 Å². The molecule has 1 aromatic carbocycles. The van der Waals surface area contributed by atoms with Crippen LogP contribution in [0.3, 0.4) is 0 Å². The lowest BCUT2D eigenvalue weighted by Gasteiger charge is -2.33. The van der Waals surface area contributed by atoms with Gasteiger partial charge in [0.2, 0.25) is 5.91 Å². The summed E-state index contributed by atoms with van der Waals surface area (Å²) in [6.45, 7) is 1.64. The van der Waals surface area contributed by atoms with E-state index in [9.17, 15) is 4.79 Å². The molecule has 24 heavy (non-hydrogen) atoms. The molecule has 2 aliphatic rings. The monoisotopic (exact) mass is 325 g/mol. The second-order valence-corrected chi connectivity index (χ2v) is 6.76. The highest BCUT2D eigenvalue weighted by Crippen LogP contribution is 2.51. The Morgan fingerprint density at radius 2 is 2.17 bits per heavy atom. The average molecular weight is 325 g/mol. The maximum atomic E-state index is 12.9. The first-order valence-electron chi connectivity index (χ1n) is 8.68. The zero-order chi connectivity index (χ0) is 16.5. The summed E-state index contributed by atoms with van der Waals surface area (Å²) in [5.41, 5.74) is 1.17. The maximum Gasteiger partial charge on any atom is 0.226 e. The first-order valence-corrected chi connectivity index (χ1v) is 8.68. The molecule has 1 amide bonds. The van der Waals surface area contributed by atoms with Gasteiger partial charge in [-0.1, -0.05) is 18.2 Å². The van der Waals surface area contributed by atoms with Crippen molar-refractivity contribution in [2.45, 2.75) is 31.2 Å². The molecule has 1 aliphatic carbocycles. The number of para-hydroxylation sites is 1. The van der Waals surface area contributed by atoms with Gasteiger partial charge >= 0.3 is 0 Å². The Kier molecular flexibility index (Phi) is 4.00.